The van der Waals surface area contributed by atoms with Crippen molar-refractivity contribution >= 4 is 27.6 Å². The van der Waals surface area contributed by atoms with Crippen LogP contribution in [0.25, 0.3) is 0 Å². The standard InChI is InChI=1S/C23H47NOPSSi.ClH/c1-9-12-15-26(16-13-10-2,17-14-11-3)18-20-19-27-22(24-20)21(23(4,5)6)25-28(7)8;/h19,21,28H,9-18H2,1-8H3;1H/q+1;/p-1. The van der Waals surface area contributed by atoms with E-state index in [-0.39, 0.29) is 23.9 Å². The van der Waals surface area contributed by atoms with Crippen LogP contribution in [-0.2, 0) is 10.6 Å². The molecule has 1 aromatic rings. The molecule has 1 atom stereocenters. The van der Waals surface area contributed by atoms with Crippen LogP contribution in [0, 0.1) is 5.41 Å². The van der Waals surface area contributed by atoms with Gasteiger partial charge in [-0.3, -0.25) is 0 Å². The Morgan fingerprint density at radius 3 is 1.86 bits per heavy atom. The molecule has 0 bridgehead atoms. The molecule has 0 radical (unpaired) electrons. The van der Waals surface area contributed by atoms with Crippen molar-refractivity contribution in [1.29, 1.82) is 0 Å². The largest absolute Gasteiger partial charge is 1.00 e. The highest BCUT2D eigenvalue weighted by Gasteiger charge is 2.37. The van der Waals surface area contributed by atoms with E-state index in [0.717, 1.165) is 0 Å². The third kappa shape index (κ3) is 10.6. The van der Waals surface area contributed by atoms with E-state index in [4.69, 9.17) is 9.41 Å². The summed E-state index contributed by atoms with van der Waals surface area (Å²) in [6, 6.07) is 0. The third-order valence-electron chi connectivity index (χ3n) is 5.44. The van der Waals surface area contributed by atoms with Gasteiger partial charge in [0.1, 0.15) is 17.3 Å². The molecule has 0 aliphatic carbocycles. The Labute approximate surface area is 194 Å². The van der Waals surface area contributed by atoms with E-state index < -0.39 is 16.3 Å². The van der Waals surface area contributed by atoms with E-state index in [1.54, 1.807) is 0 Å². The molecule has 1 heterocycles. The van der Waals surface area contributed by atoms with Gasteiger partial charge in [-0.05, 0) is 37.8 Å². The van der Waals surface area contributed by atoms with Crippen LogP contribution in [0.3, 0.4) is 0 Å². The lowest BCUT2D eigenvalue weighted by Gasteiger charge is -2.31. The molecule has 0 fully saturated rings. The topological polar surface area (TPSA) is 22.1 Å². The van der Waals surface area contributed by atoms with E-state index >= 15 is 0 Å². The Hall–Kier alpha value is 0.527. The lowest BCUT2D eigenvalue weighted by atomic mass is 9.89. The number of halogens is 1. The summed E-state index contributed by atoms with van der Waals surface area (Å²) in [6.07, 6.45) is 14.0. The van der Waals surface area contributed by atoms with Crippen molar-refractivity contribution in [3.63, 3.8) is 0 Å². The molecule has 1 unspecified atom stereocenters. The van der Waals surface area contributed by atoms with Gasteiger partial charge in [0.15, 0.2) is 9.04 Å². The van der Waals surface area contributed by atoms with E-state index in [2.05, 4.69) is 60.0 Å². The van der Waals surface area contributed by atoms with Crippen LogP contribution in [-0.4, -0.2) is 32.5 Å². The molecule has 0 aromatic carbocycles. The second-order valence-corrected chi connectivity index (χ2v) is 17.4. The van der Waals surface area contributed by atoms with Gasteiger partial charge in [-0.1, -0.05) is 60.8 Å². The quantitative estimate of drug-likeness (QED) is 0.272. The summed E-state index contributed by atoms with van der Waals surface area (Å²) in [6.45, 7) is 18.4. The maximum absolute atomic E-state index is 6.43. The smallest absolute Gasteiger partial charge is 0.171 e. The molecule has 0 amide bonds. The Kier molecular flexibility index (Phi) is 14.8. The lowest BCUT2D eigenvalue weighted by Crippen LogP contribution is -3.00. The van der Waals surface area contributed by atoms with Gasteiger partial charge in [-0.2, -0.15) is 0 Å². The fourth-order valence-corrected chi connectivity index (χ4v) is 11.2. The summed E-state index contributed by atoms with van der Waals surface area (Å²) in [4.78, 5) is 5.18. The van der Waals surface area contributed by atoms with Crippen molar-refractivity contribution < 1.29 is 16.8 Å². The van der Waals surface area contributed by atoms with Crippen LogP contribution in [0.15, 0.2) is 5.38 Å². The zero-order valence-electron chi connectivity index (χ0n) is 20.4. The van der Waals surface area contributed by atoms with E-state index in [1.165, 1.54) is 73.9 Å². The fourth-order valence-electron chi connectivity index (χ4n) is 3.82. The van der Waals surface area contributed by atoms with Crippen LogP contribution < -0.4 is 12.4 Å². The molecular formula is C23H47ClNOPSSi. The van der Waals surface area contributed by atoms with Crippen LogP contribution in [0.4, 0.5) is 0 Å². The highest BCUT2D eigenvalue weighted by Crippen LogP contribution is 2.63. The first-order chi connectivity index (χ1) is 13.2. The summed E-state index contributed by atoms with van der Waals surface area (Å²) in [5, 5.41) is 3.57. The average molecular weight is 480 g/mol. The first-order valence-corrected chi connectivity index (χ1v) is 17.8. The molecule has 0 saturated carbocycles. The maximum Gasteiger partial charge on any atom is 0.171 e. The van der Waals surface area contributed by atoms with Gasteiger partial charge in [0.2, 0.25) is 0 Å². The van der Waals surface area contributed by atoms with Gasteiger partial charge in [-0.15, -0.1) is 11.3 Å². The SMILES string of the molecule is CCCC[P+](CCCC)(CCCC)Cc1csc(C(O[SiH](C)C)C(C)(C)C)n1.[Cl-]. The van der Waals surface area contributed by atoms with Crippen LogP contribution in [0.1, 0.15) is 96.9 Å². The fraction of sp³-hybridized carbons (Fsp3) is 0.870. The first kappa shape index (κ1) is 29.5. The molecule has 0 aliphatic heterocycles. The minimum absolute atomic E-state index is 0. The number of rotatable bonds is 14. The molecule has 0 saturated heterocycles. The van der Waals surface area contributed by atoms with Crippen molar-refractivity contribution in [3.05, 3.63) is 16.1 Å². The second-order valence-electron chi connectivity index (χ2n) is 9.84. The summed E-state index contributed by atoms with van der Waals surface area (Å²) in [5.74, 6) is 0. The summed E-state index contributed by atoms with van der Waals surface area (Å²) in [5.41, 5.74) is 1.46. The zero-order valence-corrected chi connectivity index (χ0v) is 24.0. The Morgan fingerprint density at radius 1 is 1.00 bits per heavy atom. The van der Waals surface area contributed by atoms with Crippen molar-refractivity contribution in [1.82, 2.24) is 4.98 Å². The van der Waals surface area contributed by atoms with Gasteiger partial charge in [0.05, 0.1) is 24.2 Å². The predicted molar refractivity (Wildman–Crippen MR) is 134 cm³/mol. The maximum atomic E-state index is 6.43. The van der Waals surface area contributed by atoms with E-state index in [1.807, 2.05) is 11.3 Å². The van der Waals surface area contributed by atoms with E-state index in [9.17, 15) is 0 Å². The first-order valence-electron chi connectivity index (χ1n) is 11.6. The van der Waals surface area contributed by atoms with Gasteiger partial charge < -0.3 is 16.8 Å². The molecule has 1 rings (SSSR count). The van der Waals surface area contributed by atoms with Gasteiger partial charge in [-0.25, -0.2) is 4.98 Å². The average Bonchev–Trinajstić information content (AvgIpc) is 3.07. The van der Waals surface area contributed by atoms with E-state index in [0.29, 0.717) is 0 Å². The number of hydrogen-bond acceptors (Lipinski definition) is 3. The van der Waals surface area contributed by atoms with Crippen LogP contribution in [0.5, 0.6) is 0 Å². The highest BCUT2D eigenvalue weighted by molar-refractivity contribution is 7.75. The monoisotopic (exact) mass is 479 g/mol. The highest BCUT2D eigenvalue weighted by atomic mass is 35.5. The number of aromatic nitrogens is 1. The van der Waals surface area contributed by atoms with Gasteiger partial charge in [0.25, 0.3) is 0 Å². The molecule has 172 valence electrons. The predicted octanol–water partition coefficient (Wildman–Crippen LogP) is 5.15. The van der Waals surface area contributed by atoms with Crippen LogP contribution in [0.2, 0.25) is 13.1 Å². The molecule has 0 aliphatic rings. The third-order valence-corrected chi connectivity index (χ3v) is 12.0. The van der Waals surface area contributed by atoms with Crippen molar-refractivity contribution in [2.45, 2.75) is 105 Å². The summed E-state index contributed by atoms with van der Waals surface area (Å²) in [7, 11) is -2.04. The lowest BCUT2D eigenvalue weighted by molar-refractivity contribution is -0.00000735. The molecule has 6 heteroatoms. The Morgan fingerprint density at radius 2 is 1.48 bits per heavy atom. The molecule has 2 nitrogen and oxygen atoms in total. The number of nitrogens with zero attached hydrogens (tertiary/aromatic N) is 1. The van der Waals surface area contributed by atoms with Crippen molar-refractivity contribution in [2.24, 2.45) is 5.41 Å². The molecule has 0 N–H and O–H groups in total. The van der Waals surface area contributed by atoms with Gasteiger partial charge in [0, 0.05) is 12.6 Å². The molecule has 29 heavy (non-hydrogen) atoms. The van der Waals surface area contributed by atoms with Crippen molar-refractivity contribution in [2.75, 3.05) is 18.5 Å². The number of unbranched alkanes of at least 4 members (excludes halogenated alkanes) is 3. The molecule has 0 spiro atoms. The van der Waals surface area contributed by atoms with Crippen molar-refractivity contribution in [3.8, 4) is 0 Å². The molecular weight excluding hydrogens is 433 g/mol. The normalized spacial score (nSPS) is 13.6. The number of thiazole rings is 1. The Balaban J connectivity index is 0.00000784. The minimum Gasteiger partial charge on any atom is -1.00 e. The minimum atomic E-state index is -1.10. The number of hydrogen-bond donors (Lipinski definition) is 0. The zero-order chi connectivity index (χ0) is 21.2. The summed E-state index contributed by atoms with van der Waals surface area (Å²) >= 11 is 1.84. The molecule has 1 aromatic heterocycles. The van der Waals surface area contributed by atoms with Crippen LogP contribution >= 0.6 is 18.6 Å². The Bertz CT molecular complexity index is 525. The summed E-state index contributed by atoms with van der Waals surface area (Å²) < 4.78 is 6.43. The van der Waals surface area contributed by atoms with Gasteiger partial charge >= 0.3 is 0 Å². The second kappa shape index (κ2) is 14.6.